The summed E-state index contributed by atoms with van der Waals surface area (Å²) < 4.78 is 0. The molecule has 0 aromatic heterocycles. The minimum Gasteiger partial charge on any atom is -0.249 e. The SMILES string of the molecule is CC(C)CCC(CCC(C)C)(OO)OOCOO. The van der Waals surface area contributed by atoms with Gasteiger partial charge in [-0.3, -0.25) is 0 Å². The van der Waals surface area contributed by atoms with Crippen LogP contribution in [-0.2, 0) is 19.6 Å². The van der Waals surface area contributed by atoms with Crippen molar-refractivity contribution in [2.75, 3.05) is 6.79 Å². The highest BCUT2D eigenvalue weighted by molar-refractivity contribution is 4.69. The first kappa shape index (κ1) is 17.8. The lowest BCUT2D eigenvalue weighted by Gasteiger charge is -2.29. The van der Waals surface area contributed by atoms with Gasteiger partial charge in [-0.2, -0.15) is 4.89 Å². The Morgan fingerprint density at radius 1 is 0.944 bits per heavy atom. The van der Waals surface area contributed by atoms with Crippen LogP contribution in [0.2, 0.25) is 0 Å². The van der Waals surface area contributed by atoms with Crippen LogP contribution in [0.15, 0.2) is 0 Å². The van der Waals surface area contributed by atoms with Crippen LogP contribution in [0.4, 0.5) is 0 Å². The molecule has 0 saturated carbocycles. The molecule has 6 nitrogen and oxygen atoms in total. The lowest BCUT2D eigenvalue weighted by atomic mass is 9.96. The fraction of sp³-hybridized carbons (Fsp3) is 1.00. The van der Waals surface area contributed by atoms with Crippen molar-refractivity contribution < 1.29 is 30.1 Å². The third-order valence-electron chi connectivity index (χ3n) is 2.68. The number of rotatable bonds is 11. The van der Waals surface area contributed by atoms with Crippen LogP contribution in [-0.4, -0.2) is 23.1 Å². The molecule has 2 N–H and O–H groups in total. The van der Waals surface area contributed by atoms with Gasteiger partial charge in [0, 0.05) is 12.8 Å². The van der Waals surface area contributed by atoms with E-state index in [9.17, 15) is 0 Å². The fourth-order valence-corrected chi connectivity index (χ4v) is 1.48. The Bertz CT molecular complexity index is 183. The molecule has 0 amide bonds. The summed E-state index contributed by atoms with van der Waals surface area (Å²) in [6.45, 7) is 7.85. The molecule has 0 aromatic carbocycles. The maximum atomic E-state index is 9.09. The molecular weight excluding hydrogens is 240 g/mol. The maximum Gasteiger partial charge on any atom is 0.233 e. The largest absolute Gasteiger partial charge is 0.249 e. The first-order chi connectivity index (χ1) is 8.45. The third kappa shape index (κ3) is 7.97. The van der Waals surface area contributed by atoms with Gasteiger partial charge in [0.05, 0.1) is 0 Å². The van der Waals surface area contributed by atoms with Gasteiger partial charge in [0.2, 0.25) is 12.6 Å². The van der Waals surface area contributed by atoms with Crippen LogP contribution in [0.5, 0.6) is 0 Å². The molecule has 18 heavy (non-hydrogen) atoms. The second-order valence-corrected chi connectivity index (χ2v) is 5.32. The Hall–Kier alpha value is -0.240. The summed E-state index contributed by atoms with van der Waals surface area (Å²) in [6.07, 6.45) is 2.64. The van der Waals surface area contributed by atoms with E-state index in [2.05, 4.69) is 42.4 Å². The highest BCUT2D eigenvalue weighted by atomic mass is 17.3. The average molecular weight is 266 g/mol. The van der Waals surface area contributed by atoms with Gasteiger partial charge < -0.3 is 0 Å². The summed E-state index contributed by atoms with van der Waals surface area (Å²) in [4.78, 5) is 18.0. The van der Waals surface area contributed by atoms with Crippen LogP contribution < -0.4 is 0 Å². The molecule has 0 fully saturated rings. The molecule has 110 valence electrons. The summed E-state index contributed by atoms with van der Waals surface area (Å²) in [7, 11) is 0. The summed E-state index contributed by atoms with van der Waals surface area (Å²) in [5.74, 6) is -0.292. The zero-order chi connectivity index (χ0) is 14.0. The molecule has 0 aliphatic rings. The molecule has 0 spiro atoms. The Kier molecular flexibility index (Phi) is 9.53. The van der Waals surface area contributed by atoms with Crippen molar-refractivity contribution >= 4 is 0 Å². The quantitative estimate of drug-likeness (QED) is 0.258. The van der Waals surface area contributed by atoms with Crippen molar-refractivity contribution in [3.05, 3.63) is 0 Å². The van der Waals surface area contributed by atoms with Crippen molar-refractivity contribution in [3.8, 4) is 0 Å². The predicted molar refractivity (Wildman–Crippen MR) is 65.3 cm³/mol. The van der Waals surface area contributed by atoms with Gasteiger partial charge in [-0.05, 0) is 24.7 Å². The highest BCUT2D eigenvalue weighted by Gasteiger charge is 2.34. The van der Waals surface area contributed by atoms with E-state index >= 15 is 0 Å². The lowest BCUT2D eigenvalue weighted by Crippen LogP contribution is -2.36. The molecular formula is C12H26O6. The average Bonchev–Trinajstić information content (AvgIpc) is 2.32. The van der Waals surface area contributed by atoms with E-state index in [4.69, 9.17) is 15.4 Å². The summed E-state index contributed by atoms with van der Waals surface area (Å²) in [5, 5.41) is 17.3. The summed E-state index contributed by atoms with van der Waals surface area (Å²) in [6, 6.07) is 0. The molecule has 0 aliphatic heterocycles. The molecule has 0 bridgehead atoms. The van der Waals surface area contributed by atoms with Gasteiger partial charge >= 0.3 is 0 Å². The Morgan fingerprint density at radius 2 is 1.44 bits per heavy atom. The molecule has 0 saturated heterocycles. The molecule has 0 rings (SSSR count). The van der Waals surface area contributed by atoms with E-state index < -0.39 is 12.6 Å². The number of hydrogen-bond acceptors (Lipinski definition) is 6. The van der Waals surface area contributed by atoms with E-state index in [1.165, 1.54) is 0 Å². The van der Waals surface area contributed by atoms with Crippen molar-refractivity contribution in [2.45, 2.75) is 59.2 Å². The molecule has 0 aromatic rings. The highest BCUT2D eigenvalue weighted by Crippen LogP contribution is 2.29. The van der Waals surface area contributed by atoms with Crippen molar-refractivity contribution in [3.63, 3.8) is 0 Å². The Morgan fingerprint density at radius 3 is 1.78 bits per heavy atom. The molecule has 0 heterocycles. The van der Waals surface area contributed by atoms with Crippen molar-refractivity contribution in [1.82, 2.24) is 0 Å². The fourth-order valence-electron chi connectivity index (χ4n) is 1.48. The van der Waals surface area contributed by atoms with E-state index in [1.54, 1.807) is 0 Å². The first-order valence-corrected chi connectivity index (χ1v) is 6.35. The second-order valence-electron chi connectivity index (χ2n) is 5.32. The van der Waals surface area contributed by atoms with Gasteiger partial charge in [-0.1, -0.05) is 27.7 Å². The minimum atomic E-state index is -1.20. The van der Waals surface area contributed by atoms with Crippen LogP contribution >= 0.6 is 0 Å². The summed E-state index contributed by atoms with van der Waals surface area (Å²) in [5.41, 5.74) is 0. The molecule has 6 heteroatoms. The third-order valence-corrected chi connectivity index (χ3v) is 2.68. The van der Waals surface area contributed by atoms with Crippen LogP contribution in [0, 0.1) is 11.8 Å². The van der Waals surface area contributed by atoms with Gasteiger partial charge in [-0.25, -0.2) is 25.2 Å². The molecule has 0 aliphatic carbocycles. The standard InChI is InChI=1S/C12H26O6/c1-10(2)5-7-12(17-14,8-6-11(3)4)18-16-9-15-13/h10-11,13-14H,5-9H2,1-4H3. The first-order valence-electron chi connectivity index (χ1n) is 6.35. The van der Waals surface area contributed by atoms with Gasteiger partial charge in [0.1, 0.15) is 0 Å². The number of hydrogen-bond donors (Lipinski definition) is 2. The van der Waals surface area contributed by atoms with E-state index in [-0.39, 0.29) is 0 Å². The topological polar surface area (TPSA) is 77.4 Å². The van der Waals surface area contributed by atoms with E-state index in [0.29, 0.717) is 24.7 Å². The Balaban J connectivity index is 4.39. The second kappa shape index (κ2) is 9.66. The van der Waals surface area contributed by atoms with Gasteiger partial charge in [0.15, 0.2) is 0 Å². The molecule has 0 atom stereocenters. The van der Waals surface area contributed by atoms with Gasteiger partial charge in [0.25, 0.3) is 0 Å². The van der Waals surface area contributed by atoms with E-state index in [0.717, 1.165) is 12.8 Å². The molecule has 0 unspecified atom stereocenters. The monoisotopic (exact) mass is 266 g/mol. The predicted octanol–water partition coefficient (Wildman–Crippen LogP) is 3.44. The van der Waals surface area contributed by atoms with E-state index in [1.807, 2.05) is 0 Å². The van der Waals surface area contributed by atoms with Crippen molar-refractivity contribution in [2.24, 2.45) is 11.8 Å². The molecule has 0 radical (unpaired) electrons. The summed E-state index contributed by atoms with van der Waals surface area (Å²) >= 11 is 0. The Labute approximate surface area is 109 Å². The van der Waals surface area contributed by atoms with Crippen molar-refractivity contribution in [1.29, 1.82) is 0 Å². The van der Waals surface area contributed by atoms with Crippen LogP contribution in [0.25, 0.3) is 0 Å². The van der Waals surface area contributed by atoms with Crippen LogP contribution in [0.3, 0.4) is 0 Å². The minimum absolute atomic E-state index is 0.436. The normalized spacial score (nSPS) is 12.7. The smallest absolute Gasteiger partial charge is 0.233 e. The lowest BCUT2D eigenvalue weighted by molar-refractivity contribution is -0.526. The van der Waals surface area contributed by atoms with Crippen LogP contribution in [0.1, 0.15) is 53.4 Å². The maximum absolute atomic E-state index is 9.09. The zero-order valence-corrected chi connectivity index (χ0v) is 11.7. The van der Waals surface area contributed by atoms with Gasteiger partial charge in [-0.15, -0.1) is 0 Å². The zero-order valence-electron chi connectivity index (χ0n) is 11.7.